The first-order chi connectivity index (χ1) is 28.0. The first kappa shape index (κ1) is 47.0. The van der Waals surface area contributed by atoms with Crippen LogP contribution in [0.5, 0.6) is 0 Å². The molecule has 61 heavy (non-hydrogen) atoms. The van der Waals surface area contributed by atoms with Gasteiger partial charge in [0, 0.05) is 44.7 Å². The van der Waals surface area contributed by atoms with Gasteiger partial charge in [0.05, 0.1) is 37.5 Å². The fourth-order valence-corrected chi connectivity index (χ4v) is 7.69. The van der Waals surface area contributed by atoms with E-state index in [2.05, 4.69) is 31.1 Å². The number of hydrogen-bond donors (Lipinski definition) is 3. The van der Waals surface area contributed by atoms with Gasteiger partial charge >= 0.3 is 59.1 Å². The van der Waals surface area contributed by atoms with Gasteiger partial charge in [0.2, 0.25) is 0 Å². The minimum absolute atomic E-state index is 0. The minimum Gasteiger partial charge on any atom is -0.744 e. The molecule has 0 unspecified atom stereocenters. The number of azo groups is 2. The Labute approximate surface area is 391 Å². The predicted molar refractivity (Wildman–Crippen MR) is 215 cm³/mol. The SMILES string of the molecule is O=[N+]([O-])c1cc(S(=O)(=O)O)ccc1Nc1ccc(N=Nc2ccc(N=Nc3ccc(Nc4ccccc4)c4c(S(=O)(=O)[O-])cccc34)c3cc(S(=O)(=O)[O-])ccc23)cc1.[Na+].[Na+]. The second-order valence-corrected chi connectivity index (χ2v) is 16.7. The van der Waals surface area contributed by atoms with Gasteiger partial charge in [-0.15, -0.1) is 15.3 Å². The van der Waals surface area contributed by atoms with E-state index >= 15 is 0 Å². The van der Waals surface area contributed by atoms with E-state index in [1.54, 1.807) is 48.5 Å². The van der Waals surface area contributed by atoms with Crippen molar-refractivity contribution in [3.8, 4) is 0 Å². The van der Waals surface area contributed by atoms with Gasteiger partial charge < -0.3 is 19.7 Å². The largest absolute Gasteiger partial charge is 1.00 e. The molecular formula is C38H25N7Na2O11S3. The predicted octanol–water partition coefficient (Wildman–Crippen LogP) is 3.28. The van der Waals surface area contributed by atoms with Crippen LogP contribution in [0, 0.1) is 10.1 Å². The molecule has 3 N–H and O–H groups in total. The molecule has 7 aromatic carbocycles. The molecule has 0 aliphatic rings. The van der Waals surface area contributed by atoms with Crippen LogP contribution in [0.3, 0.4) is 0 Å². The molecular weight excluding hydrogens is 873 g/mol. The Balaban J connectivity index is 0.00000352. The van der Waals surface area contributed by atoms with Crippen molar-refractivity contribution in [2.45, 2.75) is 14.7 Å². The number of benzene rings is 7. The van der Waals surface area contributed by atoms with Crippen LogP contribution < -0.4 is 69.7 Å². The molecule has 0 amide bonds. The number of anilines is 4. The van der Waals surface area contributed by atoms with Crippen molar-refractivity contribution in [2.24, 2.45) is 20.5 Å². The summed E-state index contributed by atoms with van der Waals surface area (Å²) in [4.78, 5) is 9.07. The molecule has 298 valence electrons. The molecule has 0 heterocycles. The number of nitro groups is 1. The molecule has 0 saturated heterocycles. The van der Waals surface area contributed by atoms with Gasteiger partial charge in [0.25, 0.3) is 15.8 Å². The smallest absolute Gasteiger partial charge is 0.744 e. The fraction of sp³-hybridized carbons (Fsp3) is 0. The number of hydrogen-bond acceptors (Lipinski definition) is 16. The summed E-state index contributed by atoms with van der Waals surface area (Å²) in [6.45, 7) is 0. The Morgan fingerprint density at radius 1 is 0.525 bits per heavy atom. The summed E-state index contributed by atoms with van der Waals surface area (Å²) in [6.07, 6.45) is 0. The van der Waals surface area contributed by atoms with Crippen LogP contribution in [0.15, 0.2) is 169 Å². The van der Waals surface area contributed by atoms with Crippen LogP contribution >= 0.6 is 0 Å². The van der Waals surface area contributed by atoms with Crippen LogP contribution in [0.1, 0.15) is 0 Å². The molecule has 0 aliphatic carbocycles. The molecule has 0 aliphatic heterocycles. The van der Waals surface area contributed by atoms with E-state index in [0.717, 1.165) is 30.3 Å². The third-order valence-electron chi connectivity index (χ3n) is 8.68. The quantitative estimate of drug-likeness (QED) is 0.0523. The number of nitrogens with zero attached hydrogens (tertiary/aromatic N) is 5. The monoisotopic (exact) mass is 897 g/mol. The summed E-state index contributed by atoms with van der Waals surface area (Å²) in [5.41, 5.74) is 1.47. The van der Waals surface area contributed by atoms with Crippen LogP contribution in [0.4, 0.5) is 51.2 Å². The van der Waals surface area contributed by atoms with Crippen molar-refractivity contribution in [1.82, 2.24) is 0 Å². The normalized spacial score (nSPS) is 12.0. The van der Waals surface area contributed by atoms with Gasteiger partial charge in [0.1, 0.15) is 30.8 Å². The standard InChI is InChI=1S/C38H27N7O11S3.2Na/c46-45(47)36-22-27(58(51,52)53)14-16-34(36)39-24-9-11-25(12-10-24)41-42-31-17-18-33(30-21-26(57(48,49)50)13-15-28(30)31)44-43-32-19-20-35(40-23-5-2-1-3-6-23)38-29(32)7-4-8-37(38)59(54,55)56;;/h1-22,39-40H,(H,48,49,50)(H,51,52,53)(H,54,55,56);;/q;2*+1/p-2. The van der Waals surface area contributed by atoms with Gasteiger partial charge in [-0.1, -0.05) is 36.4 Å². The van der Waals surface area contributed by atoms with E-state index in [4.69, 9.17) is 0 Å². The average molecular weight is 898 g/mol. The Kier molecular flexibility index (Phi) is 14.6. The zero-order valence-electron chi connectivity index (χ0n) is 31.7. The first-order valence-corrected chi connectivity index (χ1v) is 21.0. The summed E-state index contributed by atoms with van der Waals surface area (Å²) in [7, 11) is -14.5. The van der Waals surface area contributed by atoms with Gasteiger partial charge in [0.15, 0.2) is 0 Å². The Hall–Kier alpha value is -5.01. The van der Waals surface area contributed by atoms with E-state index < -0.39 is 55.7 Å². The van der Waals surface area contributed by atoms with Crippen LogP contribution in [0.2, 0.25) is 0 Å². The minimum atomic E-state index is -4.95. The third kappa shape index (κ3) is 10.9. The van der Waals surface area contributed by atoms with Gasteiger partial charge in [-0.2, -0.15) is 13.5 Å². The van der Waals surface area contributed by atoms with Gasteiger partial charge in [-0.05, 0) is 91.0 Å². The summed E-state index contributed by atoms with van der Waals surface area (Å²) in [5.74, 6) is 0. The van der Waals surface area contributed by atoms with E-state index in [0.29, 0.717) is 28.1 Å². The number of rotatable bonds is 12. The second kappa shape index (κ2) is 18.9. The Morgan fingerprint density at radius 3 is 1.70 bits per heavy atom. The number of fused-ring (bicyclic) bond motifs is 2. The summed E-state index contributed by atoms with van der Waals surface area (Å²) in [6, 6.07) is 31.6. The zero-order chi connectivity index (χ0) is 42.1. The second-order valence-electron chi connectivity index (χ2n) is 12.5. The van der Waals surface area contributed by atoms with Crippen molar-refractivity contribution in [1.29, 1.82) is 0 Å². The molecule has 7 aromatic rings. The maximum Gasteiger partial charge on any atom is 1.00 e. The molecule has 0 spiro atoms. The molecule has 0 aromatic heterocycles. The Bertz CT molecular complexity index is 3230. The Morgan fingerprint density at radius 2 is 1.08 bits per heavy atom. The molecule has 18 nitrogen and oxygen atoms in total. The number of nitrogens with one attached hydrogen (secondary N) is 2. The maximum absolute atomic E-state index is 12.4. The summed E-state index contributed by atoms with van der Waals surface area (Å²) in [5, 5.41) is 35.5. The van der Waals surface area contributed by atoms with Crippen LogP contribution in [0.25, 0.3) is 21.5 Å². The number of nitro benzene ring substituents is 1. The zero-order valence-corrected chi connectivity index (χ0v) is 38.1. The van der Waals surface area contributed by atoms with Crippen molar-refractivity contribution < 1.29 is 103 Å². The molecule has 0 radical (unpaired) electrons. The molecule has 0 fully saturated rings. The van der Waals surface area contributed by atoms with Crippen LogP contribution in [-0.2, 0) is 30.4 Å². The number of para-hydroxylation sites is 1. The van der Waals surface area contributed by atoms with Crippen molar-refractivity contribution >= 4 is 103 Å². The van der Waals surface area contributed by atoms with Gasteiger partial charge in [-0.3, -0.25) is 14.7 Å². The molecule has 7 rings (SSSR count). The molecule has 0 saturated carbocycles. The van der Waals surface area contributed by atoms with Crippen molar-refractivity contribution in [3.05, 3.63) is 144 Å². The van der Waals surface area contributed by atoms with E-state index in [1.807, 2.05) is 0 Å². The fourth-order valence-electron chi connectivity index (χ4n) is 5.98. The third-order valence-corrected chi connectivity index (χ3v) is 11.2. The topological polar surface area (TPSA) is 285 Å². The van der Waals surface area contributed by atoms with Crippen molar-refractivity contribution in [3.63, 3.8) is 0 Å². The molecule has 23 heteroatoms. The molecule has 0 bridgehead atoms. The average Bonchev–Trinajstić information content (AvgIpc) is 3.19. The summed E-state index contributed by atoms with van der Waals surface area (Å²) < 4.78 is 105. The molecule has 0 atom stereocenters. The van der Waals surface area contributed by atoms with E-state index in [1.165, 1.54) is 54.6 Å². The van der Waals surface area contributed by atoms with E-state index in [-0.39, 0.29) is 98.0 Å². The first-order valence-electron chi connectivity index (χ1n) is 16.8. The van der Waals surface area contributed by atoms with Gasteiger partial charge in [-0.25, -0.2) is 16.8 Å². The summed E-state index contributed by atoms with van der Waals surface area (Å²) >= 11 is 0. The van der Waals surface area contributed by atoms with Crippen molar-refractivity contribution in [2.75, 3.05) is 10.6 Å². The van der Waals surface area contributed by atoms with E-state index in [9.17, 15) is 49.0 Å². The van der Waals surface area contributed by atoms with Crippen LogP contribution in [-0.4, -0.2) is 43.8 Å². The maximum atomic E-state index is 12.4.